The zero-order valence-electron chi connectivity index (χ0n) is 11.3. The summed E-state index contributed by atoms with van der Waals surface area (Å²) in [6, 6.07) is 9.38. The van der Waals surface area contributed by atoms with Crippen molar-refractivity contribution in [1.29, 1.82) is 0 Å². The molecule has 1 aromatic carbocycles. The third kappa shape index (κ3) is 2.30. The van der Waals surface area contributed by atoms with E-state index in [2.05, 4.69) is 0 Å². The number of carboxylic acids is 2. The molecular weight excluding hydrogens is 276 g/mol. The molecule has 1 heterocycles. The molecule has 1 spiro atoms. The van der Waals surface area contributed by atoms with Crippen LogP contribution >= 0.6 is 0 Å². The topological polar surface area (TPSA) is 93.1 Å². The van der Waals surface area contributed by atoms with Gasteiger partial charge in [0.2, 0.25) is 0 Å². The van der Waals surface area contributed by atoms with Crippen LogP contribution < -0.4 is 0 Å². The Kier molecular flexibility index (Phi) is 3.43. The lowest BCUT2D eigenvalue weighted by atomic mass is 9.54. The van der Waals surface area contributed by atoms with Crippen LogP contribution in [0.2, 0.25) is 0 Å². The van der Waals surface area contributed by atoms with Crippen LogP contribution in [0.5, 0.6) is 0 Å². The first-order valence-electron chi connectivity index (χ1n) is 6.77. The smallest absolute Gasteiger partial charge is 0.308 e. The van der Waals surface area contributed by atoms with Gasteiger partial charge in [-0.25, -0.2) is 0 Å². The molecule has 0 amide bonds. The fourth-order valence-corrected chi connectivity index (χ4v) is 3.29. The molecule has 2 aliphatic rings. The summed E-state index contributed by atoms with van der Waals surface area (Å²) in [4.78, 5) is 22.4. The third-order valence-electron chi connectivity index (χ3n) is 4.39. The summed E-state index contributed by atoms with van der Waals surface area (Å²) >= 11 is 0. The predicted molar refractivity (Wildman–Crippen MR) is 70.4 cm³/mol. The minimum absolute atomic E-state index is 0.202. The normalized spacial score (nSPS) is 35.1. The Bertz CT molecular complexity index is 547. The molecule has 112 valence electrons. The van der Waals surface area contributed by atoms with Crippen LogP contribution in [0.25, 0.3) is 0 Å². The number of rotatable bonds is 3. The molecular formula is C15H16O6. The molecule has 1 saturated carbocycles. The summed E-state index contributed by atoms with van der Waals surface area (Å²) in [5.74, 6) is -3.98. The minimum atomic E-state index is -1.10. The summed E-state index contributed by atoms with van der Waals surface area (Å²) in [7, 11) is 0. The van der Waals surface area contributed by atoms with Crippen molar-refractivity contribution < 1.29 is 29.3 Å². The summed E-state index contributed by atoms with van der Waals surface area (Å²) in [6.45, 7) is 0.403. The Balaban J connectivity index is 1.70. The van der Waals surface area contributed by atoms with Gasteiger partial charge < -0.3 is 19.7 Å². The maximum absolute atomic E-state index is 11.3. The van der Waals surface area contributed by atoms with Crippen molar-refractivity contribution in [1.82, 2.24) is 0 Å². The second-order valence-corrected chi connectivity index (χ2v) is 5.69. The molecule has 0 radical (unpaired) electrons. The maximum atomic E-state index is 11.3. The van der Waals surface area contributed by atoms with Crippen LogP contribution in [0.3, 0.4) is 0 Å². The molecule has 0 aromatic heterocycles. The average molecular weight is 292 g/mol. The molecule has 1 aliphatic carbocycles. The van der Waals surface area contributed by atoms with Crippen molar-refractivity contribution in [2.24, 2.45) is 17.3 Å². The van der Waals surface area contributed by atoms with E-state index in [-0.39, 0.29) is 19.6 Å². The summed E-state index contributed by atoms with van der Waals surface area (Å²) in [6.07, 6.45) is -0.240. The van der Waals surface area contributed by atoms with Crippen LogP contribution in [-0.4, -0.2) is 35.4 Å². The number of aliphatic carboxylic acids is 2. The lowest BCUT2D eigenvalue weighted by Crippen LogP contribution is -2.61. The second-order valence-electron chi connectivity index (χ2n) is 5.69. The number of carboxylic acid groups (broad SMARTS) is 2. The van der Waals surface area contributed by atoms with Gasteiger partial charge >= 0.3 is 11.9 Å². The molecule has 2 unspecified atom stereocenters. The van der Waals surface area contributed by atoms with Gasteiger partial charge in [0.1, 0.15) is 0 Å². The van der Waals surface area contributed by atoms with Crippen LogP contribution in [0.15, 0.2) is 30.3 Å². The highest BCUT2D eigenvalue weighted by molar-refractivity contribution is 5.83. The van der Waals surface area contributed by atoms with Crippen LogP contribution in [0.4, 0.5) is 0 Å². The number of hydrogen-bond donors (Lipinski definition) is 2. The van der Waals surface area contributed by atoms with E-state index in [1.807, 2.05) is 30.3 Å². The van der Waals surface area contributed by atoms with E-state index in [9.17, 15) is 14.7 Å². The summed E-state index contributed by atoms with van der Waals surface area (Å²) < 4.78 is 11.3. The average Bonchev–Trinajstić information content (AvgIpc) is 2.45. The van der Waals surface area contributed by atoms with E-state index < -0.39 is 35.5 Å². The Morgan fingerprint density at radius 3 is 2.19 bits per heavy atom. The van der Waals surface area contributed by atoms with Gasteiger partial charge in [-0.1, -0.05) is 30.3 Å². The molecule has 0 bridgehead atoms. The van der Waals surface area contributed by atoms with E-state index >= 15 is 0 Å². The highest BCUT2D eigenvalue weighted by atomic mass is 16.7. The van der Waals surface area contributed by atoms with Crippen LogP contribution in [0, 0.1) is 17.3 Å². The molecule has 6 nitrogen and oxygen atoms in total. The van der Waals surface area contributed by atoms with Gasteiger partial charge in [-0.2, -0.15) is 0 Å². The fourth-order valence-electron chi connectivity index (χ4n) is 3.29. The molecule has 3 rings (SSSR count). The predicted octanol–water partition coefficient (Wildman–Crippen LogP) is 1.52. The van der Waals surface area contributed by atoms with Gasteiger partial charge in [0.15, 0.2) is 6.29 Å². The Morgan fingerprint density at radius 2 is 1.67 bits per heavy atom. The highest BCUT2D eigenvalue weighted by Crippen LogP contribution is 2.54. The van der Waals surface area contributed by atoms with Crippen molar-refractivity contribution in [3.63, 3.8) is 0 Å². The van der Waals surface area contributed by atoms with Crippen molar-refractivity contribution in [3.8, 4) is 0 Å². The van der Waals surface area contributed by atoms with Crippen molar-refractivity contribution in [2.45, 2.75) is 12.7 Å². The summed E-state index contributed by atoms with van der Waals surface area (Å²) in [5.41, 5.74) is 0.147. The molecule has 1 aliphatic heterocycles. The largest absolute Gasteiger partial charge is 0.481 e. The third-order valence-corrected chi connectivity index (χ3v) is 4.39. The molecule has 1 saturated heterocycles. The number of carbonyl (C=O) groups is 2. The zero-order valence-corrected chi connectivity index (χ0v) is 11.3. The van der Waals surface area contributed by atoms with E-state index in [4.69, 9.17) is 14.6 Å². The van der Waals surface area contributed by atoms with Crippen LogP contribution in [-0.2, 0) is 19.1 Å². The number of ether oxygens (including phenoxy) is 2. The number of hydrogen-bond acceptors (Lipinski definition) is 4. The quantitative estimate of drug-likeness (QED) is 0.877. The molecule has 2 atom stereocenters. The van der Waals surface area contributed by atoms with Gasteiger partial charge in [0.25, 0.3) is 0 Å². The van der Waals surface area contributed by atoms with Crippen molar-refractivity contribution >= 4 is 11.9 Å². The Labute approximate surface area is 121 Å². The Hall–Kier alpha value is -1.92. The van der Waals surface area contributed by atoms with Gasteiger partial charge in [-0.3, -0.25) is 9.59 Å². The van der Waals surface area contributed by atoms with E-state index in [1.54, 1.807) is 0 Å². The van der Waals surface area contributed by atoms with Crippen molar-refractivity contribution in [3.05, 3.63) is 35.9 Å². The van der Waals surface area contributed by atoms with E-state index in [0.29, 0.717) is 0 Å². The molecule has 21 heavy (non-hydrogen) atoms. The highest BCUT2D eigenvalue weighted by Gasteiger charge is 2.62. The first-order valence-corrected chi connectivity index (χ1v) is 6.77. The first-order chi connectivity index (χ1) is 10.0. The summed E-state index contributed by atoms with van der Waals surface area (Å²) in [5, 5.41) is 18.3. The zero-order chi connectivity index (χ0) is 15.0. The molecule has 2 fully saturated rings. The standard InChI is InChI=1S/C15H16O6/c16-12(17)10-6-15(11(10)13(18)19)7-20-14(21-8-15)9-4-2-1-3-5-9/h1-5,10-11,14H,6-8H2,(H,16,17)(H,18,19). The Morgan fingerprint density at radius 1 is 1.05 bits per heavy atom. The fraction of sp³-hybridized carbons (Fsp3) is 0.467. The second kappa shape index (κ2) is 5.13. The van der Waals surface area contributed by atoms with Gasteiger partial charge in [-0.05, 0) is 6.42 Å². The monoisotopic (exact) mass is 292 g/mol. The van der Waals surface area contributed by atoms with Crippen LogP contribution in [0.1, 0.15) is 18.3 Å². The van der Waals surface area contributed by atoms with Gasteiger partial charge in [0.05, 0.1) is 25.0 Å². The first kappa shape index (κ1) is 14.0. The molecule has 6 heteroatoms. The van der Waals surface area contributed by atoms with E-state index in [1.165, 1.54) is 0 Å². The van der Waals surface area contributed by atoms with Gasteiger partial charge in [0, 0.05) is 11.0 Å². The number of benzene rings is 1. The maximum Gasteiger partial charge on any atom is 0.308 e. The molecule has 2 N–H and O–H groups in total. The lowest BCUT2D eigenvalue weighted by molar-refractivity contribution is -0.277. The minimum Gasteiger partial charge on any atom is -0.481 e. The SMILES string of the molecule is O=C(O)C1CC2(COC(c3ccccc3)OC2)C1C(=O)O. The van der Waals surface area contributed by atoms with Crippen molar-refractivity contribution in [2.75, 3.05) is 13.2 Å². The van der Waals surface area contributed by atoms with Gasteiger partial charge in [-0.15, -0.1) is 0 Å². The molecule has 1 aromatic rings. The van der Waals surface area contributed by atoms with E-state index in [0.717, 1.165) is 5.56 Å². The lowest BCUT2D eigenvalue weighted by Gasteiger charge is -2.53.